The molecule has 120 valence electrons. The number of non-ortho nitro benzene ring substituents is 1. The summed E-state index contributed by atoms with van der Waals surface area (Å²) in [5.74, 6) is 0.538. The molecule has 1 aliphatic carbocycles. The zero-order chi connectivity index (χ0) is 15.8. The van der Waals surface area contributed by atoms with Crippen LogP contribution in [0.15, 0.2) is 30.6 Å². The van der Waals surface area contributed by atoms with Crippen LogP contribution in [0, 0.1) is 16.0 Å². The molecule has 4 rings (SSSR count). The van der Waals surface area contributed by atoms with Gasteiger partial charge in [0, 0.05) is 48.1 Å². The number of nitrogens with zero attached hydrogens (tertiary/aromatic N) is 2. The summed E-state index contributed by atoms with van der Waals surface area (Å²) in [5.41, 5.74) is 1.05. The van der Waals surface area contributed by atoms with Gasteiger partial charge in [-0.25, -0.2) is 0 Å². The van der Waals surface area contributed by atoms with Crippen LogP contribution in [0.25, 0.3) is 10.8 Å². The van der Waals surface area contributed by atoms with Gasteiger partial charge in [0.05, 0.1) is 16.4 Å². The molecule has 2 fully saturated rings. The molecule has 23 heavy (non-hydrogen) atoms. The van der Waals surface area contributed by atoms with Crippen molar-refractivity contribution in [1.82, 2.24) is 4.98 Å². The monoisotopic (exact) mass is 313 g/mol. The van der Waals surface area contributed by atoms with Gasteiger partial charge in [-0.2, -0.15) is 0 Å². The highest BCUT2D eigenvalue weighted by molar-refractivity contribution is 5.99. The first-order valence-electron chi connectivity index (χ1n) is 8.13. The molecule has 0 spiro atoms. The van der Waals surface area contributed by atoms with E-state index in [0.29, 0.717) is 23.4 Å². The number of rotatable bonds is 3. The van der Waals surface area contributed by atoms with E-state index in [1.807, 2.05) is 12.1 Å². The van der Waals surface area contributed by atoms with Gasteiger partial charge < -0.3 is 10.1 Å². The second kappa shape index (κ2) is 5.77. The normalized spacial score (nSPS) is 26.9. The van der Waals surface area contributed by atoms with E-state index < -0.39 is 0 Å². The van der Waals surface area contributed by atoms with Crippen LogP contribution < -0.4 is 5.32 Å². The Morgan fingerprint density at radius 2 is 2.13 bits per heavy atom. The molecule has 1 aliphatic heterocycles. The lowest BCUT2D eigenvalue weighted by atomic mass is 9.81. The fourth-order valence-corrected chi connectivity index (χ4v) is 4.01. The van der Waals surface area contributed by atoms with Crippen molar-refractivity contribution in [2.45, 2.75) is 37.8 Å². The SMILES string of the molecule is O=[N+]([O-])c1ccc(NC2CCCC3OCCC23)c2ccncc12. The summed E-state index contributed by atoms with van der Waals surface area (Å²) >= 11 is 0. The van der Waals surface area contributed by atoms with Crippen molar-refractivity contribution < 1.29 is 9.66 Å². The van der Waals surface area contributed by atoms with Crippen molar-refractivity contribution in [1.29, 1.82) is 0 Å². The second-order valence-electron chi connectivity index (χ2n) is 6.35. The number of fused-ring (bicyclic) bond motifs is 2. The minimum atomic E-state index is -0.352. The first-order chi connectivity index (χ1) is 11.2. The number of nitro benzene ring substituents is 1. The average molecular weight is 313 g/mol. The van der Waals surface area contributed by atoms with Gasteiger partial charge in [0.15, 0.2) is 0 Å². The predicted octanol–water partition coefficient (Wildman–Crippen LogP) is 3.51. The van der Waals surface area contributed by atoms with Crippen LogP contribution in [0.5, 0.6) is 0 Å². The standard InChI is InChI=1S/C17H19N3O3/c21-20(22)16-5-4-15(11-6-8-18-10-13(11)16)19-14-2-1-3-17-12(14)7-9-23-17/h4-6,8,10,12,14,17,19H,1-3,7,9H2. The van der Waals surface area contributed by atoms with Gasteiger partial charge in [-0.1, -0.05) is 0 Å². The molecular weight excluding hydrogens is 294 g/mol. The highest BCUT2D eigenvalue weighted by Gasteiger charge is 2.37. The molecule has 0 bridgehead atoms. The Labute approximate surface area is 134 Å². The summed E-state index contributed by atoms with van der Waals surface area (Å²) in [6.45, 7) is 0.846. The summed E-state index contributed by atoms with van der Waals surface area (Å²) in [5, 5.41) is 16.3. The summed E-state index contributed by atoms with van der Waals surface area (Å²) in [7, 11) is 0. The maximum absolute atomic E-state index is 11.2. The topological polar surface area (TPSA) is 77.3 Å². The summed E-state index contributed by atoms with van der Waals surface area (Å²) in [4.78, 5) is 14.9. The molecule has 6 nitrogen and oxygen atoms in total. The van der Waals surface area contributed by atoms with E-state index in [2.05, 4.69) is 10.3 Å². The first-order valence-corrected chi connectivity index (χ1v) is 8.13. The molecule has 1 N–H and O–H groups in total. The van der Waals surface area contributed by atoms with Gasteiger partial charge in [-0.3, -0.25) is 15.1 Å². The second-order valence-corrected chi connectivity index (χ2v) is 6.35. The Bertz CT molecular complexity index is 749. The van der Waals surface area contributed by atoms with E-state index in [1.165, 1.54) is 0 Å². The molecule has 1 aromatic carbocycles. The van der Waals surface area contributed by atoms with Gasteiger partial charge >= 0.3 is 0 Å². The lowest BCUT2D eigenvalue weighted by Crippen LogP contribution is -2.38. The van der Waals surface area contributed by atoms with Crippen molar-refractivity contribution in [2.75, 3.05) is 11.9 Å². The number of hydrogen-bond acceptors (Lipinski definition) is 5. The van der Waals surface area contributed by atoms with E-state index in [-0.39, 0.29) is 10.6 Å². The number of nitrogens with one attached hydrogen (secondary N) is 1. The molecule has 2 aliphatic rings. The van der Waals surface area contributed by atoms with Crippen molar-refractivity contribution >= 4 is 22.1 Å². The molecule has 0 radical (unpaired) electrons. The molecule has 1 saturated heterocycles. The Morgan fingerprint density at radius 3 is 3.00 bits per heavy atom. The lowest BCUT2D eigenvalue weighted by molar-refractivity contribution is -0.383. The molecule has 2 aromatic rings. The van der Waals surface area contributed by atoms with Crippen molar-refractivity contribution in [2.24, 2.45) is 5.92 Å². The van der Waals surface area contributed by atoms with Crippen LogP contribution in [0.2, 0.25) is 0 Å². The van der Waals surface area contributed by atoms with Crippen molar-refractivity contribution in [3.05, 3.63) is 40.7 Å². The van der Waals surface area contributed by atoms with Crippen LogP contribution in [0.1, 0.15) is 25.7 Å². The fraction of sp³-hybridized carbons (Fsp3) is 0.471. The van der Waals surface area contributed by atoms with Gasteiger partial charge in [-0.05, 0) is 37.8 Å². The van der Waals surface area contributed by atoms with Gasteiger partial charge in [0.2, 0.25) is 0 Å². The highest BCUT2D eigenvalue weighted by Crippen LogP contribution is 2.38. The van der Waals surface area contributed by atoms with E-state index in [0.717, 1.165) is 43.4 Å². The number of aromatic nitrogens is 1. The number of anilines is 1. The summed E-state index contributed by atoms with van der Waals surface area (Å²) in [6, 6.07) is 5.60. The molecule has 1 saturated carbocycles. The lowest BCUT2D eigenvalue weighted by Gasteiger charge is -2.34. The molecule has 2 heterocycles. The third-order valence-corrected chi connectivity index (χ3v) is 5.11. The predicted molar refractivity (Wildman–Crippen MR) is 87.5 cm³/mol. The Kier molecular flexibility index (Phi) is 3.61. The quantitative estimate of drug-likeness (QED) is 0.693. The molecule has 6 heteroatoms. The highest BCUT2D eigenvalue weighted by atomic mass is 16.6. The summed E-state index contributed by atoms with van der Waals surface area (Å²) < 4.78 is 5.82. The largest absolute Gasteiger partial charge is 0.381 e. The Hall–Kier alpha value is -2.21. The smallest absolute Gasteiger partial charge is 0.278 e. The molecule has 3 atom stereocenters. The van der Waals surface area contributed by atoms with E-state index in [1.54, 1.807) is 18.5 Å². The number of pyridine rings is 1. The Morgan fingerprint density at radius 1 is 1.22 bits per heavy atom. The third kappa shape index (κ3) is 2.53. The van der Waals surface area contributed by atoms with Gasteiger partial charge in [0.25, 0.3) is 5.69 Å². The fourth-order valence-electron chi connectivity index (χ4n) is 4.01. The van der Waals surface area contributed by atoms with Crippen LogP contribution >= 0.6 is 0 Å². The minimum Gasteiger partial charge on any atom is -0.381 e. The summed E-state index contributed by atoms with van der Waals surface area (Å²) in [6.07, 6.45) is 8.13. The third-order valence-electron chi connectivity index (χ3n) is 5.11. The van der Waals surface area contributed by atoms with Crippen molar-refractivity contribution in [3.63, 3.8) is 0 Å². The number of benzene rings is 1. The van der Waals surface area contributed by atoms with Crippen LogP contribution in [-0.2, 0) is 4.74 Å². The molecular formula is C17H19N3O3. The van der Waals surface area contributed by atoms with E-state index >= 15 is 0 Å². The van der Waals surface area contributed by atoms with Crippen LogP contribution in [0.4, 0.5) is 11.4 Å². The van der Waals surface area contributed by atoms with Gasteiger partial charge in [-0.15, -0.1) is 0 Å². The van der Waals surface area contributed by atoms with Crippen LogP contribution in [0.3, 0.4) is 0 Å². The average Bonchev–Trinajstić information content (AvgIpc) is 3.04. The zero-order valence-corrected chi connectivity index (χ0v) is 12.8. The molecule has 1 aromatic heterocycles. The number of nitro groups is 1. The Balaban J connectivity index is 1.69. The van der Waals surface area contributed by atoms with E-state index in [4.69, 9.17) is 4.74 Å². The van der Waals surface area contributed by atoms with Gasteiger partial charge in [0.1, 0.15) is 0 Å². The van der Waals surface area contributed by atoms with Crippen molar-refractivity contribution in [3.8, 4) is 0 Å². The number of hydrogen-bond donors (Lipinski definition) is 1. The maximum atomic E-state index is 11.2. The first kappa shape index (κ1) is 14.4. The molecule has 3 unspecified atom stereocenters. The number of ether oxygens (including phenoxy) is 1. The zero-order valence-electron chi connectivity index (χ0n) is 12.8. The van der Waals surface area contributed by atoms with Crippen LogP contribution in [-0.4, -0.2) is 28.7 Å². The molecule has 0 amide bonds. The minimum absolute atomic E-state index is 0.101. The van der Waals surface area contributed by atoms with E-state index in [9.17, 15) is 10.1 Å². The maximum Gasteiger partial charge on any atom is 0.278 e.